The topological polar surface area (TPSA) is 79.9 Å². The summed E-state index contributed by atoms with van der Waals surface area (Å²) in [5.41, 5.74) is 2.22. The molecule has 2 heterocycles. The maximum Gasteiger partial charge on any atom is 0.191 e. The molecule has 1 aliphatic rings. The lowest BCUT2D eigenvalue weighted by Gasteiger charge is -2.36. The van der Waals surface area contributed by atoms with Crippen LogP contribution >= 0.6 is 35.7 Å². The molecule has 0 radical (unpaired) electrons. The van der Waals surface area contributed by atoms with E-state index in [0.717, 1.165) is 80.3 Å². The van der Waals surface area contributed by atoms with Crippen molar-refractivity contribution in [3.63, 3.8) is 0 Å². The van der Waals surface area contributed by atoms with Crippen LogP contribution in [0, 0.1) is 0 Å². The Balaban J connectivity index is 0.00000341. The molecule has 2 aromatic rings. The molecule has 1 aromatic carbocycles. The van der Waals surface area contributed by atoms with Crippen LogP contribution in [0.2, 0.25) is 0 Å². The molecular formula is C22H35IN4O3S. The van der Waals surface area contributed by atoms with E-state index in [0.29, 0.717) is 0 Å². The van der Waals surface area contributed by atoms with Crippen LogP contribution < -0.4 is 20.1 Å². The number of H-pyrrole nitrogens is 1. The highest BCUT2D eigenvalue weighted by Crippen LogP contribution is 2.33. The average Bonchev–Trinajstić information content (AvgIpc) is 3.21. The van der Waals surface area contributed by atoms with Gasteiger partial charge in [-0.3, -0.25) is 4.99 Å². The van der Waals surface area contributed by atoms with E-state index < -0.39 is 0 Å². The van der Waals surface area contributed by atoms with E-state index in [1.54, 1.807) is 14.2 Å². The first-order chi connectivity index (χ1) is 14.6. The van der Waals surface area contributed by atoms with Gasteiger partial charge >= 0.3 is 0 Å². The van der Waals surface area contributed by atoms with Gasteiger partial charge in [-0.05, 0) is 38.0 Å². The van der Waals surface area contributed by atoms with Crippen molar-refractivity contribution in [3.8, 4) is 11.5 Å². The molecule has 0 saturated carbocycles. The average molecular weight is 563 g/mol. The number of ether oxygens (including phenoxy) is 3. The number of hydrogen-bond donors (Lipinski definition) is 3. The zero-order valence-corrected chi connectivity index (χ0v) is 22.0. The molecule has 1 aromatic heterocycles. The number of aromatic nitrogens is 1. The van der Waals surface area contributed by atoms with Crippen molar-refractivity contribution in [2.75, 3.05) is 53.8 Å². The van der Waals surface area contributed by atoms with Crippen molar-refractivity contribution in [2.24, 2.45) is 4.99 Å². The SMILES string of the molecule is CN=C(NCCCc1cc2c(OC)cc(OC)cc2[nH]1)NCC1(SC)CCOCC1.I. The minimum Gasteiger partial charge on any atom is -0.497 e. The van der Waals surface area contributed by atoms with Crippen LogP contribution in [0.4, 0.5) is 0 Å². The number of fused-ring (bicyclic) bond motifs is 1. The smallest absolute Gasteiger partial charge is 0.191 e. The molecule has 0 spiro atoms. The molecule has 31 heavy (non-hydrogen) atoms. The van der Waals surface area contributed by atoms with Gasteiger partial charge in [-0.15, -0.1) is 24.0 Å². The highest BCUT2D eigenvalue weighted by molar-refractivity contribution is 14.0. The number of halogens is 1. The summed E-state index contributed by atoms with van der Waals surface area (Å²) in [6.07, 6.45) is 6.28. The Bertz CT molecular complexity index is 853. The van der Waals surface area contributed by atoms with Crippen molar-refractivity contribution in [1.29, 1.82) is 0 Å². The molecule has 0 bridgehead atoms. The molecule has 0 amide bonds. The van der Waals surface area contributed by atoms with Crippen LogP contribution in [0.5, 0.6) is 11.5 Å². The number of nitrogens with zero attached hydrogens (tertiary/aromatic N) is 1. The second-order valence-electron chi connectivity index (χ2n) is 7.54. The molecule has 3 rings (SSSR count). The Morgan fingerprint density at radius 2 is 1.97 bits per heavy atom. The monoisotopic (exact) mass is 562 g/mol. The number of aliphatic imine (C=N–C) groups is 1. The molecule has 174 valence electrons. The van der Waals surface area contributed by atoms with E-state index >= 15 is 0 Å². The lowest BCUT2D eigenvalue weighted by atomic mass is 9.99. The Labute approximate surface area is 206 Å². The summed E-state index contributed by atoms with van der Waals surface area (Å²) in [4.78, 5) is 7.85. The third-order valence-electron chi connectivity index (χ3n) is 5.74. The zero-order valence-electron chi connectivity index (χ0n) is 18.9. The highest BCUT2D eigenvalue weighted by Gasteiger charge is 2.31. The van der Waals surface area contributed by atoms with Crippen molar-refractivity contribution < 1.29 is 14.2 Å². The number of nitrogens with one attached hydrogen (secondary N) is 3. The molecule has 1 saturated heterocycles. The molecular weight excluding hydrogens is 527 g/mol. The summed E-state index contributed by atoms with van der Waals surface area (Å²) in [6.45, 7) is 3.44. The number of aromatic amines is 1. The number of aryl methyl sites for hydroxylation is 1. The summed E-state index contributed by atoms with van der Waals surface area (Å²) in [7, 11) is 5.17. The van der Waals surface area contributed by atoms with Gasteiger partial charge in [-0.1, -0.05) is 0 Å². The second-order valence-corrected chi connectivity index (χ2v) is 8.82. The Morgan fingerprint density at radius 1 is 1.19 bits per heavy atom. The van der Waals surface area contributed by atoms with Gasteiger partial charge in [0, 0.05) is 61.3 Å². The summed E-state index contributed by atoms with van der Waals surface area (Å²) in [6, 6.07) is 6.08. The quantitative estimate of drug-likeness (QED) is 0.187. The van der Waals surface area contributed by atoms with Gasteiger partial charge < -0.3 is 29.8 Å². The molecule has 3 N–H and O–H groups in total. The predicted molar refractivity (Wildman–Crippen MR) is 141 cm³/mol. The van der Waals surface area contributed by atoms with Crippen LogP contribution in [0.3, 0.4) is 0 Å². The molecule has 0 aliphatic carbocycles. The van der Waals surface area contributed by atoms with E-state index in [1.165, 1.54) is 5.69 Å². The minimum atomic E-state index is 0. The summed E-state index contributed by atoms with van der Waals surface area (Å²) in [5, 5.41) is 8.02. The first-order valence-electron chi connectivity index (χ1n) is 10.4. The van der Waals surface area contributed by atoms with Gasteiger partial charge in [-0.25, -0.2) is 0 Å². The number of rotatable bonds is 9. The molecule has 0 unspecified atom stereocenters. The van der Waals surface area contributed by atoms with Crippen LogP contribution in [-0.4, -0.2) is 69.5 Å². The largest absolute Gasteiger partial charge is 0.497 e. The first kappa shape index (κ1) is 25.9. The van der Waals surface area contributed by atoms with E-state index in [-0.39, 0.29) is 28.7 Å². The van der Waals surface area contributed by atoms with Crippen molar-refractivity contribution in [1.82, 2.24) is 15.6 Å². The van der Waals surface area contributed by atoms with E-state index in [1.807, 2.05) is 30.9 Å². The molecule has 9 heteroatoms. The Morgan fingerprint density at radius 3 is 2.61 bits per heavy atom. The fraction of sp³-hybridized carbons (Fsp3) is 0.591. The molecule has 1 aliphatic heterocycles. The maximum absolute atomic E-state index is 5.53. The van der Waals surface area contributed by atoms with E-state index in [4.69, 9.17) is 14.2 Å². The first-order valence-corrected chi connectivity index (χ1v) is 11.7. The van der Waals surface area contributed by atoms with Gasteiger partial charge in [0.25, 0.3) is 0 Å². The van der Waals surface area contributed by atoms with Crippen LogP contribution in [0.15, 0.2) is 23.2 Å². The minimum absolute atomic E-state index is 0. The number of guanidine groups is 1. The molecule has 7 nitrogen and oxygen atoms in total. The van der Waals surface area contributed by atoms with Gasteiger partial charge in [-0.2, -0.15) is 11.8 Å². The van der Waals surface area contributed by atoms with Gasteiger partial charge in [0.05, 0.1) is 19.7 Å². The van der Waals surface area contributed by atoms with Gasteiger partial charge in [0.1, 0.15) is 11.5 Å². The summed E-state index contributed by atoms with van der Waals surface area (Å²) < 4.78 is 16.6. The number of benzene rings is 1. The third kappa shape index (κ3) is 6.82. The van der Waals surface area contributed by atoms with Crippen LogP contribution in [-0.2, 0) is 11.2 Å². The normalized spacial score (nSPS) is 15.9. The highest BCUT2D eigenvalue weighted by atomic mass is 127. The summed E-state index contributed by atoms with van der Waals surface area (Å²) >= 11 is 1.93. The summed E-state index contributed by atoms with van der Waals surface area (Å²) in [5.74, 6) is 2.47. The van der Waals surface area contributed by atoms with Crippen molar-refractivity contribution >= 4 is 52.6 Å². The number of hydrogen-bond acceptors (Lipinski definition) is 5. The Kier molecular flexibility index (Phi) is 10.6. The lowest BCUT2D eigenvalue weighted by molar-refractivity contribution is 0.0783. The lowest BCUT2D eigenvalue weighted by Crippen LogP contribution is -2.48. The van der Waals surface area contributed by atoms with Crippen molar-refractivity contribution in [2.45, 2.75) is 30.4 Å². The fourth-order valence-corrected chi connectivity index (χ4v) is 4.60. The predicted octanol–water partition coefficient (Wildman–Crippen LogP) is 3.81. The third-order valence-corrected chi connectivity index (χ3v) is 7.16. The van der Waals surface area contributed by atoms with Gasteiger partial charge in [0.2, 0.25) is 0 Å². The molecule has 0 atom stereocenters. The maximum atomic E-state index is 5.53. The van der Waals surface area contributed by atoms with E-state index in [2.05, 4.69) is 32.9 Å². The fourth-order valence-electron chi connectivity index (χ4n) is 3.81. The van der Waals surface area contributed by atoms with Gasteiger partial charge in [0.15, 0.2) is 5.96 Å². The second kappa shape index (κ2) is 12.6. The Hall–Kier alpha value is -1.33. The number of methoxy groups -OCH3 is 2. The number of thioether (sulfide) groups is 1. The zero-order chi connectivity index (χ0) is 21.4. The van der Waals surface area contributed by atoms with E-state index in [9.17, 15) is 0 Å². The standard InChI is InChI=1S/C22H34N4O3S.HI/c1-23-21(25-15-22(30-4)7-10-29-11-8-22)24-9-5-6-16-12-18-19(26-16)13-17(27-2)14-20(18)28-3;/h12-14,26H,5-11,15H2,1-4H3,(H2,23,24,25);1H. The van der Waals surface area contributed by atoms with Crippen molar-refractivity contribution in [3.05, 3.63) is 23.9 Å². The van der Waals surface area contributed by atoms with Crippen LogP contribution in [0.25, 0.3) is 10.9 Å². The molecule has 1 fully saturated rings. The van der Waals surface area contributed by atoms with Crippen LogP contribution in [0.1, 0.15) is 25.0 Å².